The van der Waals surface area contributed by atoms with Gasteiger partial charge in [0.25, 0.3) is 0 Å². The third-order valence-corrected chi connectivity index (χ3v) is 3.48. The third-order valence-electron chi connectivity index (χ3n) is 2.64. The number of phenolic OH excluding ortho intramolecular Hbond substituents is 1. The first-order valence-electron chi connectivity index (χ1n) is 5.58. The first-order valence-corrected chi connectivity index (χ1v) is 6.75. The van der Waals surface area contributed by atoms with Crippen LogP contribution in [-0.2, 0) is 13.1 Å². The second-order valence-corrected chi connectivity index (χ2v) is 5.29. The molecule has 0 atom stereocenters. The van der Waals surface area contributed by atoms with Crippen molar-refractivity contribution in [3.63, 3.8) is 0 Å². The maximum atomic E-state index is 9.63. The molecule has 0 heterocycles. The van der Waals surface area contributed by atoms with Gasteiger partial charge in [0, 0.05) is 28.1 Å². The van der Waals surface area contributed by atoms with E-state index in [1.165, 1.54) is 0 Å². The molecule has 0 aromatic heterocycles. The zero-order chi connectivity index (χ0) is 13.0. The van der Waals surface area contributed by atoms with E-state index in [9.17, 15) is 5.11 Å². The number of hydrogen-bond donors (Lipinski definition) is 2. The van der Waals surface area contributed by atoms with Crippen LogP contribution >= 0.6 is 27.5 Å². The van der Waals surface area contributed by atoms with Crippen LogP contribution in [0.5, 0.6) is 5.75 Å². The zero-order valence-electron chi connectivity index (χ0n) is 9.66. The highest BCUT2D eigenvalue weighted by molar-refractivity contribution is 9.10. The number of phenols is 1. The summed E-state index contributed by atoms with van der Waals surface area (Å²) >= 11 is 9.50. The highest BCUT2D eigenvalue weighted by Gasteiger charge is 2.02. The van der Waals surface area contributed by atoms with E-state index in [0.717, 1.165) is 20.6 Å². The number of nitrogens with one attached hydrogen (secondary N) is 1. The van der Waals surface area contributed by atoms with Gasteiger partial charge in [-0.1, -0.05) is 51.8 Å². The SMILES string of the molecule is Oc1ccccc1CNCc1ccc(Br)cc1Cl. The maximum absolute atomic E-state index is 9.63. The van der Waals surface area contributed by atoms with E-state index in [4.69, 9.17) is 11.6 Å². The van der Waals surface area contributed by atoms with E-state index in [0.29, 0.717) is 18.8 Å². The van der Waals surface area contributed by atoms with Crippen LogP contribution in [-0.4, -0.2) is 5.11 Å². The highest BCUT2D eigenvalue weighted by Crippen LogP contribution is 2.21. The molecular weight excluding hydrogens is 314 g/mol. The summed E-state index contributed by atoms with van der Waals surface area (Å²) in [7, 11) is 0. The lowest BCUT2D eigenvalue weighted by Gasteiger charge is -2.08. The molecule has 94 valence electrons. The maximum Gasteiger partial charge on any atom is 0.120 e. The molecule has 2 N–H and O–H groups in total. The summed E-state index contributed by atoms with van der Waals surface area (Å²) in [5.74, 6) is 0.312. The Balaban J connectivity index is 1.95. The molecule has 0 aliphatic carbocycles. The van der Waals surface area contributed by atoms with Gasteiger partial charge in [0.2, 0.25) is 0 Å². The summed E-state index contributed by atoms with van der Waals surface area (Å²) in [5.41, 5.74) is 1.92. The van der Waals surface area contributed by atoms with Crippen molar-refractivity contribution in [2.45, 2.75) is 13.1 Å². The van der Waals surface area contributed by atoms with Crippen molar-refractivity contribution in [1.82, 2.24) is 5.32 Å². The Hall–Kier alpha value is -1.03. The lowest BCUT2D eigenvalue weighted by Crippen LogP contribution is -2.13. The van der Waals surface area contributed by atoms with Crippen LogP contribution < -0.4 is 5.32 Å². The standard InChI is InChI=1S/C14H13BrClNO/c15-12-6-5-10(13(16)7-12)8-17-9-11-3-1-2-4-14(11)18/h1-7,17-18H,8-9H2. The normalized spacial score (nSPS) is 10.6. The Bertz CT molecular complexity index is 545. The number of para-hydroxylation sites is 1. The predicted molar refractivity (Wildman–Crippen MR) is 77.8 cm³/mol. The molecule has 18 heavy (non-hydrogen) atoms. The van der Waals surface area contributed by atoms with Crippen LogP contribution in [0.4, 0.5) is 0 Å². The molecule has 4 heteroatoms. The predicted octanol–water partition coefficient (Wildman–Crippen LogP) is 4.10. The minimum absolute atomic E-state index is 0.312. The molecule has 0 unspecified atom stereocenters. The molecule has 2 aromatic rings. The van der Waals surface area contributed by atoms with E-state index in [2.05, 4.69) is 21.2 Å². The van der Waals surface area contributed by atoms with Crippen LogP contribution in [0.15, 0.2) is 46.9 Å². The van der Waals surface area contributed by atoms with E-state index < -0.39 is 0 Å². The summed E-state index contributed by atoms with van der Waals surface area (Å²) < 4.78 is 0.969. The first-order chi connectivity index (χ1) is 8.66. The van der Waals surface area contributed by atoms with Crippen LogP contribution in [0.1, 0.15) is 11.1 Å². The molecular formula is C14H13BrClNO. The number of benzene rings is 2. The van der Waals surface area contributed by atoms with Gasteiger partial charge in [-0.3, -0.25) is 0 Å². The van der Waals surface area contributed by atoms with E-state index in [1.807, 2.05) is 36.4 Å². The summed E-state index contributed by atoms with van der Waals surface area (Å²) in [4.78, 5) is 0. The van der Waals surface area contributed by atoms with Gasteiger partial charge in [-0.15, -0.1) is 0 Å². The van der Waals surface area contributed by atoms with E-state index in [-0.39, 0.29) is 0 Å². The van der Waals surface area contributed by atoms with Crippen molar-refractivity contribution in [2.75, 3.05) is 0 Å². The van der Waals surface area contributed by atoms with Gasteiger partial charge in [-0.05, 0) is 23.8 Å². The minimum Gasteiger partial charge on any atom is -0.508 e. The highest BCUT2D eigenvalue weighted by atomic mass is 79.9. The molecule has 2 rings (SSSR count). The second-order valence-electron chi connectivity index (χ2n) is 3.97. The van der Waals surface area contributed by atoms with E-state index in [1.54, 1.807) is 6.07 Å². The third kappa shape index (κ3) is 3.48. The van der Waals surface area contributed by atoms with Crippen molar-refractivity contribution >= 4 is 27.5 Å². The number of hydrogen-bond acceptors (Lipinski definition) is 2. The molecule has 2 aromatic carbocycles. The molecule has 0 fully saturated rings. The van der Waals surface area contributed by atoms with Gasteiger partial charge in [0.05, 0.1) is 0 Å². The second kappa shape index (κ2) is 6.23. The quantitative estimate of drug-likeness (QED) is 0.886. The van der Waals surface area contributed by atoms with Gasteiger partial charge in [-0.2, -0.15) is 0 Å². The van der Waals surface area contributed by atoms with E-state index >= 15 is 0 Å². The summed E-state index contributed by atoms with van der Waals surface area (Å²) in [6, 6.07) is 13.1. The van der Waals surface area contributed by atoms with Crippen molar-refractivity contribution in [2.24, 2.45) is 0 Å². The van der Waals surface area contributed by atoms with Gasteiger partial charge in [0.15, 0.2) is 0 Å². The Morgan fingerprint density at radius 1 is 1.06 bits per heavy atom. The zero-order valence-corrected chi connectivity index (χ0v) is 12.0. The molecule has 0 spiro atoms. The number of aromatic hydroxyl groups is 1. The number of halogens is 2. The van der Waals surface area contributed by atoms with Crippen molar-refractivity contribution in [3.8, 4) is 5.75 Å². The first kappa shape index (κ1) is 13.4. The summed E-state index contributed by atoms with van der Waals surface area (Å²) in [6.07, 6.45) is 0. The van der Waals surface area contributed by atoms with Crippen molar-refractivity contribution in [3.05, 3.63) is 63.1 Å². The fraction of sp³-hybridized carbons (Fsp3) is 0.143. The average molecular weight is 327 g/mol. The van der Waals surface area contributed by atoms with Gasteiger partial charge in [0.1, 0.15) is 5.75 Å². The van der Waals surface area contributed by atoms with Crippen molar-refractivity contribution < 1.29 is 5.11 Å². The van der Waals surface area contributed by atoms with Crippen molar-refractivity contribution in [1.29, 1.82) is 0 Å². The smallest absolute Gasteiger partial charge is 0.120 e. The lowest BCUT2D eigenvalue weighted by molar-refractivity contribution is 0.464. The van der Waals surface area contributed by atoms with Gasteiger partial charge in [-0.25, -0.2) is 0 Å². The fourth-order valence-electron chi connectivity index (χ4n) is 1.66. The Morgan fingerprint density at radius 2 is 1.78 bits per heavy atom. The average Bonchev–Trinajstić information content (AvgIpc) is 2.34. The van der Waals surface area contributed by atoms with Gasteiger partial charge >= 0.3 is 0 Å². The Labute approximate surface area is 120 Å². The van der Waals surface area contributed by atoms with Crippen LogP contribution in [0.3, 0.4) is 0 Å². The fourth-order valence-corrected chi connectivity index (χ4v) is 2.40. The van der Waals surface area contributed by atoms with Crippen LogP contribution in [0, 0.1) is 0 Å². The lowest BCUT2D eigenvalue weighted by atomic mass is 10.2. The molecule has 2 nitrogen and oxygen atoms in total. The monoisotopic (exact) mass is 325 g/mol. The van der Waals surface area contributed by atoms with Gasteiger partial charge < -0.3 is 10.4 Å². The molecule has 0 bridgehead atoms. The molecule has 0 saturated carbocycles. The van der Waals surface area contributed by atoms with Crippen LogP contribution in [0.2, 0.25) is 5.02 Å². The topological polar surface area (TPSA) is 32.3 Å². The molecule has 0 radical (unpaired) electrons. The molecule has 0 saturated heterocycles. The Kier molecular flexibility index (Phi) is 4.64. The van der Waals surface area contributed by atoms with Crippen LogP contribution in [0.25, 0.3) is 0 Å². The largest absolute Gasteiger partial charge is 0.508 e. The minimum atomic E-state index is 0.312. The summed E-state index contributed by atoms with van der Waals surface area (Å²) in [5, 5.41) is 13.6. The summed E-state index contributed by atoms with van der Waals surface area (Å²) in [6.45, 7) is 1.28. The number of rotatable bonds is 4. The molecule has 0 aliphatic heterocycles. The molecule has 0 amide bonds. The molecule has 0 aliphatic rings. The Morgan fingerprint density at radius 3 is 2.50 bits per heavy atom.